The number of carbonyl (C=O) groups excluding carboxylic acids is 1. The maximum absolute atomic E-state index is 12.9. The standard InChI is InChI=1S/C8H5FN2O2.K/c9-6-4-10-11-2-1-5(8(12)13)3-7(6)11;/h1-4H,(H,12,13);/q;+1/p-1. The summed E-state index contributed by atoms with van der Waals surface area (Å²) in [5.41, 5.74) is 0.0635. The van der Waals surface area contributed by atoms with Crippen LogP contribution in [0.5, 0.6) is 0 Å². The molecule has 0 atom stereocenters. The molecule has 0 saturated heterocycles. The largest absolute Gasteiger partial charge is 1.00 e. The molecule has 2 heterocycles. The van der Waals surface area contributed by atoms with Gasteiger partial charge in [0.15, 0.2) is 5.82 Å². The quantitative estimate of drug-likeness (QED) is 0.475. The summed E-state index contributed by atoms with van der Waals surface area (Å²) in [4.78, 5) is 10.4. The summed E-state index contributed by atoms with van der Waals surface area (Å²) in [7, 11) is 0. The third-order valence-corrected chi connectivity index (χ3v) is 1.71. The van der Waals surface area contributed by atoms with Crippen LogP contribution in [0.3, 0.4) is 0 Å². The van der Waals surface area contributed by atoms with Crippen LogP contribution >= 0.6 is 0 Å². The van der Waals surface area contributed by atoms with Crippen LogP contribution in [0.2, 0.25) is 0 Å². The molecule has 2 aromatic rings. The van der Waals surface area contributed by atoms with E-state index in [1.54, 1.807) is 0 Å². The van der Waals surface area contributed by atoms with Gasteiger partial charge >= 0.3 is 51.4 Å². The van der Waals surface area contributed by atoms with Crippen molar-refractivity contribution in [3.8, 4) is 0 Å². The molecule has 0 saturated carbocycles. The van der Waals surface area contributed by atoms with Crippen molar-refractivity contribution in [2.75, 3.05) is 0 Å². The summed E-state index contributed by atoms with van der Waals surface area (Å²) in [5, 5.41) is 14.1. The zero-order valence-corrected chi connectivity index (χ0v) is 10.5. The number of halogens is 1. The van der Waals surface area contributed by atoms with Crippen LogP contribution in [0.15, 0.2) is 24.5 Å². The molecule has 0 bridgehead atoms. The maximum Gasteiger partial charge on any atom is 1.00 e. The number of pyridine rings is 1. The molecule has 0 radical (unpaired) electrons. The second-order valence-corrected chi connectivity index (χ2v) is 2.53. The van der Waals surface area contributed by atoms with E-state index in [4.69, 9.17) is 0 Å². The van der Waals surface area contributed by atoms with Gasteiger partial charge in [-0.15, -0.1) is 0 Å². The van der Waals surface area contributed by atoms with Gasteiger partial charge in [0.25, 0.3) is 0 Å². The van der Waals surface area contributed by atoms with Gasteiger partial charge < -0.3 is 9.90 Å². The van der Waals surface area contributed by atoms with Crippen molar-refractivity contribution in [2.24, 2.45) is 0 Å². The van der Waals surface area contributed by atoms with Crippen molar-refractivity contribution in [3.05, 3.63) is 35.9 Å². The molecule has 0 amide bonds. The van der Waals surface area contributed by atoms with Gasteiger partial charge in [-0.05, 0) is 12.1 Å². The van der Waals surface area contributed by atoms with E-state index in [-0.39, 0.29) is 62.5 Å². The van der Waals surface area contributed by atoms with Gasteiger partial charge in [-0.2, -0.15) is 5.10 Å². The first-order valence-electron chi connectivity index (χ1n) is 3.53. The number of hydrogen-bond donors (Lipinski definition) is 0. The summed E-state index contributed by atoms with van der Waals surface area (Å²) in [6, 6.07) is 2.48. The molecule has 0 fully saturated rings. The number of aromatic carboxylic acids is 1. The van der Waals surface area contributed by atoms with Crippen molar-refractivity contribution < 1.29 is 65.7 Å². The van der Waals surface area contributed by atoms with Crippen molar-refractivity contribution >= 4 is 11.5 Å². The first-order valence-corrected chi connectivity index (χ1v) is 3.53. The second-order valence-electron chi connectivity index (χ2n) is 2.53. The molecule has 6 heteroatoms. The van der Waals surface area contributed by atoms with E-state index in [0.717, 1.165) is 6.20 Å². The normalized spacial score (nSPS) is 9.79. The second kappa shape index (κ2) is 4.50. The number of carbonyl (C=O) groups is 1. The minimum absolute atomic E-state index is 0. The molecule has 0 spiro atoms. The van der Waals surface area contributed by atoms with Gasteiger partial charge in [0.2, 0.25) is 0 Å². The molecule has 0 aromatic carbocycles. The third kappa shape index (κ3) is 2.04. The Bertz CT molecular complexity index is 483. The molecular formula is C8H4FKN2O2. The first-order chi connectivity index (χ1) is 6.18. The fourth-order valence-corrected chi connectivity index (χ4v) is 1.08. The van der Waals surface area contributed by atoms with Gasteiger partial charge in [-0.3, -0.25) is 0 Å². The number of rotatable bonds is 1. The predicted molar refractivity (Wildman–Crippen MR) is 39.5 cm³/mol. The average molecular weight is 218 g/mol. The van der Waals surface area contributed by atoms with Crippen molar-refractivity contribution in [2.45, 2.75) is 0 Å². The van der Waals surface area contributed by atoms with E-state index in [1.165, 1.54) is 22.8 Å². The van der Waals surface area contributed by atoms with Gasteiger partial charge in [-0.25, -0.2) is 8.91 Å². The summed E-state index contributed by atoms with van der Waals surface area (Å²) in [5.74, 6) is -1.88. The van der Waals surface area contributed by atoms with E-state index in [2.05, 4.69) is 5.10 Å². The van der Waals surface area contributed by atoms with Crippen LogP contribution in [0, 0.1) is 5.82 Å². The fourth-order valence-electron chi connectivity index (χ4n) is 1.08. The van der Waals surface area contributed by atoms with Crippen LogP contribution < -0.4 is 56.5 Å². The smallest absolute Gasteiger partial charge is 0.545 e. The number of nitrogens with zero attached hydrogens (tertiary/aromatic N) is 2. The van der Waals surface area contributed by atoms with E-state index < -0.39 is 11.8 Å². The molecule has 0 aliphatic heterocycles. The number of carboxylic acids is 1. The summed E-state index contributed by atoms with van der Waals surface area (Å²) < 4.78 is 14.1. The molecular weight excluding hydrogens is 214 g/mol. The monoisotopic (exact) mass is 218 g/mol. The number of fused-ring (bicyclic) bond motifs is 1. The topological polar surface area (TPSA) is 57.4 Å². The summed E-state index contributed by atoms with van der Waals surface area (Å²) >= 11 is 0. The molecule has 4 nitrogen and oxygen atoms in total. The van der Waals surface area contributed by atoms with Crippen LogP contribution in [0.4, 0.5) is 4.39 Å². The van der Waals surface area contributed by atoms with E-state index in [9.17, 15) is 14.3 Å². The van der Waals surface area contributed by atoms with Crippen LogP contribution in [0.25, 0.3) is 5.52 Å². The molecule has 0 aliphatic carbocycles. The Morgan fingerprint density at radius 1 is 1.57 bits per heavy atom. The van der Waals surface area contributed by atoms with Crippen molar-refractivity contribution in [1.29, 1.82) is 0 Å². The Kier molecular flexibility index (Phi) is 3.79. The van der Waals surface area contributed by atoms with Crippen molar-refractivity contribution in [3.63, 3.8) is 0 Å². The Morgan fingerprint density at radius 2 is 2.29 bits per heavy atom. The van der Waals surface area contributed by atoms with Gasteiger partial charge in [-0.1, -0.05) is 0 Å². The molecule has 2 rings (SSSR count). The number of carboxylic acid groups (broad SMARTS) is 1. The zero-order chi connectivity index (χ0) is 9.42. The van der Waals surface area contributed by atoms with E-state index >= 15 is 0 Å². The van der Waals surface area contributed by atoms with Crippen LogP contribution in [0.1, 0.15) is 10.4 Å². The summed E-state index contributed by atoms with van der Waals surface area (Å²) in [6.45, 7) is 0. The Morgan fingerprint density at radius 3 is 2.93 bits per heavy atom. The maximum atomic E-state index is 12.9. The minimum atomic E-state index is -1.33. The first kappa shape index (κ1) is 11.8. The van der Waals surface area contributed by atoms with E-state index in [0.29, 0.717) is 0 Å². The molecule has 2 aromatic heterocycles. The number of hydrogen-bond acceptors (Lipinski definition) is 3. The average Bonchev–Trinajstić information content (AvgIpc) is 2.47. The molecule has 0 N–H and O–H groups in total. The molecule has 66 valence electrons. The van der Waals surface area contributed by atoms with Gasteiger partial charge in [0.1, 0.15) is 5.52 Å². The number of aromatic nitrogens is 2. The van der Waals surface area contributed by atoms with Crippen LogP contribution in [-0.2, 0) is 0 Å². The molecule has 0 aliphatic rings. The Hall–Kier alpha value is -0.274. The van der Waals surface area contributed by atoms with Gasteiger partial charge in [0, 0.05) is 11.8 Å². The Balaban J connectivity index is 0.000000980. The summed E-state index contributed by atoms with van der Waals surface area (Å²) in [6.07, 6.45) is 2.39. The van der Waals surface area contributed by atoms with Gasteiger partial charge in [0.05, 0.1) is 12.2 Å². The SMILES string of the molecule is O=C([O-])c1ccn2ncc(F)c2c1.[K+]. The predicted octanol–water partition coefficient (Wildman–Crippen LogP) is -3.16. The third-order valence-electron chi connectivity index (χ3n) is 1.71. The zero-order valence-electron chi connectivity index (χ0n) is 7.40. The van der Waals surface area contributed by atoms with Crippen LogP contribution in [-0.4, -0.2) is 15.6 Å². The van der Waals surface area contributed by atoms with Crippen molar-refractivity contribution in [1.82, 2.24) is 9.61 Å². The molecule has 0 unspecified atom stereocenters. The molecule has 14 heavy (non-hydrogen) atoms. The fraction of sp³-hybridized carbons (Fsp3) is 0. The minimum Gasteiger partial charge on any atom is -0.545 e. The Labute approximate surface area is 121 Å². The van der Waals surface area contributed by atoms with E-state index in [1.807, 2.05) is 0 Å².